The first kappa shape index (κ1) is 22.3. The molecule has 2 aromatic rings. The van der Waals surface area contributed by atoms with Crippen LogP contribution in [0.5, 0.6) is 0 Å². The van der Waals surface area contributed by atoms with Crippen molar-refractivity contribution in [1.29, 1.82) is 0 Å². The van der Waals surface area contributed by atoms with E-state index in [1.54, 1.807) is 13.1 Å². The lowest BCUT2D eigenvalue weighted by Gasteiger charge is -2.38. The third kappa shape index (κ3) is 4.14. The van der Waals surface area contributed by atoms with Crippen molar-refractivity contribution in [3.8, 4) is 0 Å². The molecule has 1 N–H and O–H groups in total. The van der Waals surface area contributed by atoms with Crippen LogP contribution in [0.4, 0.5) is 21.6 Å². The number of hydrogen-bond acceptors (Lipinski definition) is 5. The zero-order chi connectivity index (χ0) is 23.1. The first-order valence-electron chi connectivity index (χ1n) is 11.3. The number of allylic oxidation sites excluding steroid dienone is 2. The summed E-state index contributed by atoms with van der Waals surface area (Å²) >= 11 is 2.04. The van der Waals surface area contributed by atoms with Gasteiger partial charge >= 0.3 is 0 Å². The van der Waals surface area contributed by atoms with Gasteiger partial charge in [-0.15, -0.1) is 0 Å². The maximum Gasteiger partial charge on any atom is 0.224 e. The Bertz CT molecular complexity index is 1180. The Morgan fingerprint density at radius 2 is 2.06 bits per heavy atom. The minimum atomic E-state index is -0.208. The maximum absolute atomic E-state index is 14.4. The van der Waals surface area contributed by atoms with Crippen LogP contribution in [0.2, 0.25) is 0 Å². The molecule has 33 heavy (non-hydrogen) atoms. The van der Waals surface area contributed by atoms with E-state index in [-0.39, 0.29) is 18.1 Å². The SMILES string of the molecule is CNC(=O)CC1=Cc2c(N3CCCN(C)CC3)ccnc2N2C1=CCc1cc(F)c(I)cc12. The van der Waals surface area contributed by atoms with Crippen LogP contribution >= 0.6 is 22.6 Å². The average Bonchev–Trinajstić information content (AvgIpc) is 3.03. The van der Waals surface area contributed by atoms with Crippen molar-refractivity contribution in [3.05, 3.63) is 62.3 Å². The summed E-state index contributed by atoms with van der Waals surface area (Å²) in [4.78, 5) is 24.1. The van der Waals surface area contributed by atoms with Crippen LogP contribution in [0, 0.1) is 9.39 Å². The molecule has 0 atom stereocenters. The fourth-order valence-corrected chi connectivity index (χ4v) is 5.31. The van der Waals surface area contributed by atoms with Gasteiger partial charge < -0.3 is 15.1 Å². The van der Waals surface area contributed by atoms with Gasteiger partial charge in [0, 0.05) is 49.8 Å². The Morgan fingerprint density at radius 1 is 1.21 bits per heavy atom. The van der Waals surface area contributed by atoms with Gasteiger partial charge in [-0.25, -0.2) is 9.37 Å². The van der Waals surface area contributed by atoms with Gasteiger partial charge in [0.1, 0.15) is 11.6 Å². The topological polar surface area (TPSA) is 51.7 Å². The lowest BCUT2D eigenvalue weighted by Crippen LogP contribution is -2.32. The van der Waals surface area contributed by atoms with Crippen LogP contribution in [0.25, 0.3) is 6.08 Å². The van der Waals surface area contributed by atoms with Crippen molar-refractivity contribution >= 4 is 51.8 Å². The van der Waals surface area contributed by atoms with Crippen molar-refractivity contribution < 1.29 is 9.18 Å². The molecular weight excluding hydrogens is 532 g/mol. The quantitative estimate of drug-likeness (QED) is 0.575. The normalized spacial score (nSPS) is 17.9. The number of carbonyl (C=O) groups is 1. The van der Waals surface area contributed by atoms with Gasteiger partial charge in [0.05, 0.1) is 15.7 Å². The van der Waals surface area contributed by atoms with E-state index in [9.17, 15) is 9.18 Å². The Morgan fingerprint density at radius 3 is 2.88 bits per heavy atom. The molecule has 1 aromatic carbocycles. The number of amides is 1. The van der Waals surface area contributed by atoms with Crippen molar-refractivity contribution in [2.45, 2.75) is 19.3 Å². The lowest BCUT2D eigenvalue weighted by atomic mass is 9.92. The average molecular weight is 559 g/mol. The molecule has 0 unspecified atom stereocenters. The highest BCUT2D eigenvalue weighted by Gasteiger charge is 2.33. The molecule has 5 rings (SSSR count). The molecule has 3 aliphatic heterocycles. The molecule has 1 saturated heterocycles. The molecule has 172 valence electrons. The predicted molar refractivity (Wildman–Crippen MR) is 138 cm³/mol. The fraction of sp³-hybridized carbons (Fsp3) is 0.360. The van der Waals surface area contributed by atoms with Crippen molar-refractivity contribution in [2.24, 2.45) is 0 Å². The summed E-state index contributed by atoms with van der Waals surface area (Å²) in [5.74, 6) is 0.590. The Balaban J connectivity index is 1.67. The van der Waals surface area contributed by atoms with Gasteiger partial charge in [-0.2, -0.15) is 0 Å². The highest BCUT2D eigenvalue weighted by molar-refractivity contribution is 14.1. The van der Waals surface area contributed by atoms with E-state index in [1.807, 2.05) is 34.9 Å². The first-order valence-corrected chi connectivity index (χ1v) is 12.4. The Hall–Kier alpha value is -2.46. The molecule has 0 bridgehead atoms. The summed E-state index contributed by atoms with van der Waals surface area (Å²) < 4.78 is 14.9. The van der Waals surface area contributed by atoms with Crippen molar-refractivity contribution in [2.75, 3.05) is 50.1 Å². The number of likely N-dealkylation sites (N-methyl/N-ethyl adjacent to an activating group) is 1. The van der Waals surface area contributed by atoms with Crippen LogP contribution < -0.4 is 15.1 Å². The molecule has 3 aliphatic rings. The highest BCUT2D eigenvalue weighted by Crippen LogP contribution is 2.47. The summed E-state index contributed by atoms with van der Waals surface area (Å²) in [7, 11) is 3.82. The first-order chi connectivity index (χ1) is 16.0. The molecule has 4 heterocycles. The second kappa shape index (κ2) is 9.06. The van der Waals surface area contributed by atoms with Gasteiger partial charge in [-0.1, -0.05) is 6.08 Å². The second-order valence-electron chi connectivity index (χ2n) is 8.75. The zero-order valence-corrected chi connectivity index (χ0v) is 21.0. The number of nitrogens with one attached hydrogen (secondary N) is 1. The van der Waals surface area contributed by atoms with E-state index in [2.05, 4.69) is 45.3 Å². The number of halogens is 2. The third-order valence-corrected chi connectivity index (χ3v) is 7.44. The van der Waals surface area contributed by atoms with Crippen LogP contribution in [-0.2, 0) is 11.2 Å². The van der Waals surface area contributed by atoms with Crippen molar-refractivity contribution in [1.82, 2.24) is 15.2 Å². The molecule has 0 spiro atoms. The molecule has 0 saturated carbocycles. The molecular formula is C25H27FIN5O. The molecule has 1 amide bonds. The number of fused-ring (bicyclic) bond motifs is 5. The van der Waals surface area contributed by atoms with Crippen LogP contribution in [-0.4, -0.2) is 56.1 Å². The number of anilines is 3. The smallest absolute Gasteiger partial charge is 0.224 e. The highest BCUT2D eigenvalue weighted by atomic mass is 127. The number of nitrogens with zero attached hydrogens (tertiary/aromatic N) is 4. The van der Waals surface area contributed by atoms with E-state index < -0.39 is 0 Å². The van der Waals surface area contributed by atoms with E-state index in [0.717, 1.165) is 72.2 Å². The summed E-state index contributed by atoms with van der Waals surface area (Å²) in [6, 6.07) is 5.58. The predicted octanol–water partition coefficient (Wildman–Crippen LogP) is 4.08. The molecule has 1 aromatic heterocycles. The molecule has 0 radical (unpaired) electrons. The van der Waals surface area contributed by atoms with Gasteiger partial charge in [0.2, 0.25) is 5.91 Å². The maximum atomic E-state index is 14.4. The zero-order valence-electron chi connectivity index (χ0n) is 18.9. The summed E-state index contributed by atoms with van der Waals surface area (Å²) in [5, 5.41) is 2.75. The number of carbonyl (C=O) groups excluding carboxylic acids is 1. The summed E-state index contributed by atoms with van der Waals surface area (Å²) in [6.07, 6.45) is 8.07. The number of aromatic nitrogens is 1. The monoisotopic (exact) mass is 559 g/mol. The number of hydrogen-bond donors (Lipinski definition) is 1. The van der Waals surface area contributed by atoms with Crippen molar-refractivity contribution in [3.63, 3.8) is 0 Å². The number of benzene rings is 1. The fourth-order valence-electron chi connectivity index (χ4n) is 4.86. The Labute approximate surface area is 207 Å². The van der Waals surface area contributed by atoms with Crippen LogP contribution in [0.1, 0.15) is 24.0 Å². The third-order valence-electron chi connectivity index (χ3n) is 6.61. The van der Waals surface area contributed by atoms with E-state index in [0.29, 0.717) is 9.99 Å². The number of rotatable bonds is 3. The van der Waals surface area contributed by atoms with E-state index in [4.69, 9.17) is 4.98 Å². The van der Waals surface area contributed by atoms with Gasteiger partial charge in [0.25, 0.3) is 0 Å². The minimum Gasteiger partial charge on any atom is -0.370 e. The van der Waals surface area contributed by atoms with Crippen LogP contribution in [0.15, 0.2) is 41.7 Å². The van der Waals surface area contributed by atoms with Gasteiger partial charge in [0.15, 0.2) is 0 Å². The minimum absolute atomic E-state index is 0.0353. The largest absolute Gasteiger partial charge is 0.370 e. The Kier molecular flexibility index (Phi) is 6.13. The van der Waals surface area contributed by atoms with Gasteiger partial charge in [-0.3, -0.25) is 9.69 Å². The van der Waals surface area contributed by atoms with Gasteiger partial charge in [-0.05, 0) is 84.4 Å². The molecule has 8 heteroatoms. The lowest BCUT2D eigenvalue weighted by molar-refractivity contribution is -0.119. The molecule has 1 fully saturated rings. The van der Waals surface area contributed by atoms with E-state index in [1.165, 1.54) is 0 Å². The number of pyridine rings is 1. The van der Waals surface area contributed by atoms with Crippen LogP contribution in [0.3, 0.4) is 0 Å². The summed E-state index contributed by atoms with van der Waals surface area (Å²) in [6.45, 7) is 3.99. The second-order valence-corrected chi connectivity index (χ2v) is 9.92. The van der Waals surface area contributed by atoms with E-state index >= 15 is 0 Å². The summed E-state index contributed by atoms with van der Waals surface area (Å²) in [5.41, 5.74) is 5.92. The molecule has 0 aliphatic carbocycles. The molecule has 6 nitrogen and oxygen atoms in total. The standard InChI is InChI=1S/C25H27FIN5O/c1-28-24(33)14-17-12-18-22(31-9-3-8-30(2)10-11-31)6-7-29-25(18)32-21(17)5-4-16-13-19(26)20(27)15-23(16)32/h5-7,12-13,15H,3-4,8-11,14H2,1-2H3,(H,28,33).